The van der Waals surface area contributed by atoms with Crippen LogP contribution in [0.3, 0.4) is 0 Å². The van der Waals surface area contributed by atoms with Crippen molar-refractivity contribution in [3.05, 3.63) is 0 Å². The molecule has 0 radical (unpaired) electrons. The normalized spacial score (nSPS) is 32.1. The molecular weight excluding hydrogens is 152 g/mol. The molecule has 0 amide bonds. The zero-order chi connectivity index (χ0) is 9.30. The van der Waals surface area contributed by atoms with E-state index in [1.54, 1.807) is 0 Å². The Balaban J connectivity index is 2.59. The van der Waals surface area contributed by atoms with E-state index < -0.39 is 0 Å². The first-order valence-electron chi connectivity index (χ1n) is 4.33. The van der Waals surface area contributed by atoms with E-state index in [0.717, 1.165) is 13.1 Å². The van der Waals surface area contributed by atoms with E-state index in [2.05, 4.69) is 25.8 Å². The van der Waals surface area contributed by atoms with Crippen LogP contribution in [-0.4, -0.2) is 48.0 Å². The van der Waals surface area contributed by atoms with Crippen LogP contribution in [-0.2, 0) is 0 Å². The van der Waals surface area contributed by atoms with Crippen molar-refractivity contribution in [2.24, 2.45) is 5.73 Å². The van der Waals surface area contributed by atoms with Crippen LogP contribution in [0.1, 0.15) is 13.8 Å². The van der Waals surface area contributed by atoms with E-state index in [4.69, 9.17) is 11.1 Å². The molecule has 0 aromatic heterocycles. The predicted molar refractivity (Wildman–Crippen MR) is 50.2 cm³/mol. The molecule has 4 nitrogen and oxygen atoms in total. The van der Waals surface area contributed by atoms with Crippen molar-refractivity contribution in [1.82, 2.24) is 9.80 Å². The average Bonchev–Trinajstić information content (AvgIpc) is 1.99. The smallest absolute Gasteiger partial charge is 0.188 e. The number of guanidine groups is 1. The third kappa shape index (κ3) is 1.69. The Bertz CT molecular complexity index is 168. The second kappa shape index (κ2) is 3.31. The molecule has 0 bridgehead atoms. The Morgan fingerprint density at radius 3 is 2.08 bits per heavy atom. The van der Waals surface area contributed by atoms with Gasteiger partial charge in [0.2, 0.25) is 0 Å². The number of likely N-dealkylation sites (N-methyl/N-ethyl adjacent to an activating group) is 1. The number of nitrogens with one attached hydrogen (secondary N) is 1. The summed E-state index contributed by atoms with van der Waals surface area (Å²) < 4.78 is 0. The van der Waals surface area contributed by atoms with Crippen molar-refractivity contribution in [2.45, 2.75) is 25.9 Å². The molecule has 0 aromatic carbocycles. The van der Waals surface area contributed by atoms with Crippen LogP contribution in [0, 0.1) is 5.41 Å². The molecule has 4 heteroatoms. The van der Waals surface area contributed by atoms with Gasteiger partial charge in [0.1, 0.15) is 0 Å². The zero-order valence-electron chi connectivity index (χ0n) is 8.04. The summed E-state index contributed by atoms with van der Waals surface area (Å²) in [7, 11) is 2.12. The second-order valence-electron chi connectivity index (χ2n) is 3.65. The molecule has 12 heavy (non-hydrogen) atoms. The van der Waals surface area contributed by atoms with Gasteiger partial charge < -0.3 is 10.6 Å². The fraction of sp³-hybridized carbons (Fsp3) is 0.875. The lowest BCUT2D eigenvalue weighted by Crippen LogP contribution is -2.57. The molecule has 0 spiro atoms. The van der Waals surface area contributed by atoms with Crippen LogP contribution in [0.5, 0.6) is 0 Å². The second-order valence-corrected chi connectivity index (χ2v) is 3.65. The Kier molecular flexibility index (Phi) is 2.57. The van der Waals surface area contributed by atoms with Gasteiger partial charge in [0.25, 0.3) is 0 Å². The van der Waals surface area contributed by atoms with E-state index in [1.165, 1.54) is 0 Å². The molecule has 2 atom stereocenters. The third-order valence-electron chi connectivity index (χ3n) is 2.70. The summed E-state index contributed by atoms with van der Waals surface area (Å²) in [4.78, 5) is 4.24. The van der Waals surface area contributed by atoms with E-state index >= 15 is 0 Å². The van der Waals surface area contributed by atoms with Gasteiger partial charge in [-0.25, -0.2) is 0 Å². The Hall–Kier alpha value is -0.770. The van der Waals surface area contributed by atoms with Crippen LogP contribution in [0.15, 0.2) is 0 Å². The molecule has 0 aromatic rings. The molecule has 70 valence electrons. The standard InChI is InChI=1S/C8H18N4/c1-6-4-12(8(9)10)5-7(2)11(6)3/h6-7H,4-5H2,1-3H3,(H3,9,10). The Morgan fingerprint density at radius 2 is 1.75 bits per heavy atom. The highest BCUT2D eigenvalue weighted by Crippen LogP contribution is 2.12. The Labute approximate surface area is 73.8 Å². The zero-order valence-corrected chi connectivity index (χ0v) is 8.04. The fourth-order valence-electron chi connectivity index (χ4n) is 1.60. The van der Waals surface area contributed by atoms with Crippen LogP contribution in [0.2, 0.25) is 0 Å². The summed E-state index contributed by atoms with van der Waals surface area (Å²) in [5.74, 6) is 0.196. The van der Waals surface area contributed by atoms with Crippen molar-refractivity contribution in [1.29, 1.82) is 5.41 Å². The summed E-state index contributed by atoms with van der Waals surface area (Å²) in [5.41, 5.74) is 5.43. The van der Waals surface area contributed by atoms with Crippen molar-refractivity contribution in [3.8, 4) is 0 Å². The van der Waals surface area contributed by atoms with Crippen LogP contribution in [0.25, 0.3) is 0 Å². The largest absolute Gasteiger partial charge is 0.370 e. The van der Waals surface area contributed by atoms with E-state index in [-0.39, 0.29) is 5.96 Å². The number of hydrogen-bond donors (Lipinski definition) is 2. The van der Waals surface area contributed by atoms with Crippen molar-refractivity contribution in [3.63, 3.8) is 0 Å². The highest BCUT2D eigenvalue weighted by Gasteiger charge is 2.26. The molecule has 1 saturated heterocycles. The van der Waals surface area contributed by atoms with E-state index in [9.17, 15) is 0 Å². The Morgan fingerprint density at radius 1 is 1.33 bits per heavy atom. The fourth-order valence-corrected chi connectivity index (χ4v) is 1.60. The lowest BCUT2D eigenvalue weighted by atomic mass is 10.1. The summed E-state index contributed by atoms with van der Waals surface area (Å²) in [6, 6.07) is 0.968. The SMILES string of the molecule is CC1CN(C(=N)N)CC(C)N1C. The van der Waals surface area contributed by atoms with Gasteiger partial charge in [-0.1, -0.05) is 0 Å². The quantitative estimate of drug-likeness (QED) is 0.394. The summed E-state index contributed by atoms with van der Waals surface area (Å²) in [5, 5.41) is 7.32. The molecule has 1 rings (SSSR count). The first kappa shape index (κ1) is 9.32. The number of nitrogens with zero attached hydrogens (tertiary/aromatic N) is 2. The molecular formula is C8H18N4. The highest BCUT2D eigenvalue weighted by molar-refractivity contribution is 5.74. The molecule has 2 unspecified atom stereocenters. The molecule has 1 aliphatic heterocycles. The monoisotopic (exact) mass is 170 g/mol. The predicted octanol–water partition coefficient (Wildman–Crippen LogP) is -0.0957. The van der Waals surface area contributed by atoms with Gasteiger partial charge in [-0.15, -0.1) is 0 Å². The first-order valence-corrected chi connectivity index (χ1v) is 4.33. The lowest BCUT2D eigenvalue weighted by Gasteiger charge is -2.42. The minimum absolute atomic E-state index is 0.196. The number of rotatable bonds is 0. The first-order chi connectivity index (χ1) is 5.52. The van der Waals surface area contributed by atoms with Gasteiger partial charge in [0.05, 0.1) is 0 Å². The molecule has 0 aliphatic carbocycles. The number of piperazine rings is 1. The molecule has 1 aliphatic rings. The van der Waals surface area contributed by atoms with Crippen LogP contribution >= 0.6 is 0 Å². The van der Waals surface area contributed by atoms with Gasteiger partial charge >= 0.3 is 0 Å². The van der Waals surface area contributed by atoms with Crippen molar-refractivity contribution >= 4 is 5.96 Å². The topological polar surface area (TPSA) is 56.4 Å². The number of hydrogen-bond acceptors (Lipinski definition) is 2. The minimum atomic E-state index is 0.196. The van der Waals surface area contributed by atoms with Crippen LogP contribution in [0.4, 0.5) is 0 Å². The van der Waals surface area contributed by atoms with Gasteiger partial charge in [-0.3, -0.25) is 10.3 Å². The van der Waals surface area contributed by atoms with Gasteiger partial charge in [-0.05, 0) is 20.9 Å². The van der Waals surface area contributed by atoms with E-state index in [1.807, 2.05) is 4.90 Å². The van der Waals surface area contributed by atoms with Gasteiger partial charge in [0, 0.05) is 25.2 Å². The van der Waals surface area contributed by atoms with E-state index in [0.29, 0.717) is 12.1 Å². The van der Waals surface area contributed by atoms with Crippen LogP contribution < -0.4 is 5.73 Å². The maximum Gasteiger partial charge on any atom is 0.188 e. The summed E-state index contributed by atoms with van der Waals surface area (Å²) in [6.07, 6.45) is 0. The molecule has 0 saturated carbocycles. The molecule has 3 N–H and O–H groups in total. The van der Waals surface area contributed by atoms with Gasteiger partial charge in [-0.2, -0.15) is 0 Å². The molecule has 1 fully saturated rings. The number of nitrogens with two attached hydrogens (primary N) is 1. The van der Waals surface area contributed by atoms with Crippen molar-refractivity contribution in [2.75, 3.05) is 20.1 Å². The van der Waals surface area contributed by atoms with Crippen molar-refractivity contribution < 1.29 is 0 Å². The summed E-state index contributed by atoms with van der Waals surface area (Å²) in [6.45, 7) is 6.06. The lowest BCUT2D eigenvalue weighted by molar-refractivity contribution is 0.0977. The highest BCUT2D eigenvalue weighted by atomic mass is 15.3. The molecule has 1 heterocycles. The third-order valence-corrected chi connectivity index (χ3v) is 2.70. The minimum Gasteiger partial charge on any atom is -0.370 e. The maximum atomic E-state index is 7.32. The maximum absolute atomic E-state index is 7.32. The van der Waals surface area contributed by atoms with Gasteiger partial charge in [0.15, 0.2) is 5.96 Å². The average molecular weight is 170 g/mol. The summed E-state index contributed by atoms with van der Waals surface area (Å²) >= 11 is 0.